The van der Waals surface area contributed by atoms with Gasteiger partial charge in [0.25, 0.3) is 0 Å². The van der Waals surface area contributed by atoms with Crippen molar-refractivity contribution in [3.8, 4) is 0 Å². The third kappa shape index (κ3) is 3.47. The lowest BCUT2D eigenvalue weighted by molar-refractivity contribution is 0.183. The molecular formula is C11H17ClN2O. The Morgan fingerprint density at radius 3 is 2.80 bits per heavy atom. The van der Waals surface area contributed by atoms with Crippen molar-refractivity contribution in [3.05, 3.63) is 34.3 Å². The largest absolute Gasteiger partial charge is 0.385 e. The minimum atomic E-state index is 0.0862. The standard InChI is InChI=1S/C11H17ClN2O/c1-8-3-4-9(7-10(8)12)11(14-13)5-6-15-2/h3-4,7,11,14H,5-6,13H2,1-2H3. The zero-order valence-corrected chi connectivity index (χ0v) is 9.84. The van der Waals surface area contributed by atoms with Crippen molar-refractivity contribution in [1.82, 2.24) is 5.43 Å². The van der Waals surface area contributed by atoms with E-state index in [1.807, 2.05) is 25.1 Å². The molecular weight excluding hydrogens is 212 g/mol. The number of hydrazine groups is 1. The number of ether oxygens (including phenoxy) is 1. The van der Waals surface area contributed by atoms with E-state index in [2.05, 4.69) is 5.43 Å². The summed E-state index contributed by atoms with van der Waals surface area (Å²) in [5, 5.41) is 0.769. The van der Waals surface area contributed by atoms with Crippen LogP contribution in [0.3, 0.4) is 0 Å². The summed E-state index contributed by atoms with van der Waals surface area (Å²) in [4.78, 5) is 0. The first kappa shape index (κ1) is 12.5. The quantitative estimate of drug-likeness (QED) is 0.600. The molecule has 0 amide bonds. The summed E-state index contributed by atoms with van der Waals surface area (Å²) in [5.41, 5.74) is 4.92. The normalized spacial score (nSPS) is 12.8. The van der Waals surface area contributed by atoms with Crippen molar-refractivity contribution in [2.75, 3.05) is 13.7 Å². The minimum Gasteiger partial charge on any atom is -0.385 e. The van der Waals surface area contributed by atoms with Gasteiger partial charge in [-0.05, 0) is 30.5 Å². The third-order valence-electron chi connectivity index (χ3n) is 2.41. The number of benzene rings is 1. The van der Waals surface area contributed by atoms with E-state index in [1.165, 1.54) is 0 Å². The fourth-order valence-electron chi connectivity index (χ4n) is 1.41. The van der Waals surface area contributed by atoms with E-state index in [-0.39, 0.29) is 6.04 Å². The Balaban J connectivity index is 2.78. The number of halogens is 1. The van der Waals surface area contributed by atoms with Crippen LogP contribution in [-0.2, 0) is 4.74 Å². The zero-order valence-electron chi connectivity index (χ0n) is 9.09. The summed E-state index contributed by atoms with van der Waals surface area (Å²) in [5.74, 6) is 5.49. The highest BCUT2D eigenvalue weighted by atomic mass is 35.5. The van der Waals surface area contributed by atoms with Gasteiger partial charge in [0.05, 0.1) is 0 Å². The van der Waals surface area contributed by atoms with Crippen LogP contribution in [0.1, 0.15) is 23.6 Å². The monoisotopic (exact) mass is 228 g/mol. The topological polar surface area (TPSA) is 47.3 Å². The average molecular weight is 229 g/mol. The number of rotatable bonds is 5. The van der Waals surface area contributed by atoms with Crippen molar-refractivity contribution in [2.24, 2.45) is 5.84 Å². The Bertz CT molecular complexity index is 317. The van der Waals surface area contributed by atoms with Crippen LogP contribution in [0.5, 0.6) is 0 Å². The van der Waals surface area contributed by atoms with E-state index in [0.717, 1.165) is 22.6 Å². The van der Waals surface area contributed by atoms with Gasteiger partial charge in [-0.2, -0.15) is 0 Å². The summed E-state index contributed by atoms with van der Waals surface area (Å²) < 4.78 is 5.02. The maximum absolute atomic E-state index is 6.05. The van der Waals surface area contributed by atoms with Crippen LogP contribution < -0.4 is 11.3 Å². The fourth-order valence-corrected chi connectivity index (χ4v) is 1.60. The SMILES string of the molecule is COCCC(NN)c1ccc(C)c(Cl)c1. The first-order chi connectivity index (χ1) is 7.19. The van der Waals surface area contributed by atoms with Gasteiger partial charge in [0.15, 0.2) is 0 Å². The van der Waals surface area contributed by atoms with Crippen LogP contribution in [0.4, 0.5) is 0 Å². The molecule has 15 heavy (non-hydrogen) atoms. The molecule has 1 aromatic carbocycles. The first-order valence-corrected chi connectivity index (χ1v) is 5.28. The predicted octanol–water partition coefficient (Wildman–Crippen LogP) is 2.19. The number of hydrogen-bond donors (Lipinski definition) is 2. The highest BCUT2D eigenvalue weighted by Crippen LogP contribution is 2.22. The van der Waals surface area contributed by atoms with Crippen LogP contribution in [-0.4, -0.2) is 13.7 Å². The van der Waals surface area contributed by atoms with Gasteiger partial charge in [0, 0.05) is 24.8 Å². The zero-order chi connectivity index (χ0) is 11.3. The predicted molar refractivity (Wildman–Crippen MR) is 62.7 cm³/mol. The molecule has 3 nitrogen and oxygen atoms in total. The Hall–Kier alpha value is -0.610. The van der Waals surface area contributed by atoms with E-state index >= 15 is 0 Å². The number of nitrogens with one attached hydrogen (secondary N) is 1. The lowest BCUT2D eigenvalue weighted by Gasteiger charge is -2.16. The Morgan fingerprint density at radius 1 is 1.53 bits per heavy atom. The maximum Gasteiger partial charge on any atom is 0.0482 e. The van der Waals surface area contributed by atoms with E-state index in [1.54, 1.807) is 7.11 Å². The summed E-state index contributed by atoms with van der Waals surface area (Å²) >= 11 is 6.05. The Morgan fingerprint density at radius 2 is 2.27 bits per heavy atom. The van der Waals surface area contributed by atoms with Gasteiger partial charge >= 0.3 is 0 Å². The van der Waals surface area contributed by atoms with Gasteiger partial charge in [-0.15, -0.1) is 0 Å². The summed E-state index contributed by atoms with van der Waals surface area (Å²) in [7, 11) is 1.68. The number of hydrogen-bond acceptors (Lipinski definition) is 3. The molecule has 1 atom stereocenters. The lowest BCUT2D eigenvalue weighted by Crippen LogP contribution is -2.28. The third-order valence-corrected chi connectivity index (χ3v) is 2.82. The van der Waals surface area contributed by atoms with Crippen LogP contribution in [0.15, 0.2) is 18.2 Å². The van der Waals surface area contributed by atoms with E-state index < -0.39 is 0 Å². The smallest absolute Gasteiger partial charge is 0.0482 e. The molecule has 0 saturated carbocycles. The van der Waals surface area contributed by atoms with E-state index in [4.69, 9.17) is 22.2 Å². The van der Waals surface area contributed by atoms with Crippen molar-refractivity contribution in [3.63, 3.8) is 0 Å². The fraction of sp³-hybridized carbons (Fsp3) is 0.455. The highest BCUT2D eigenvalue weighted by molar-refractivity contribution is 6.31. The van der Waals surface area contributed by atoms with Crippen LogP contribution >= 0.6 is 11.6 Å². The van der Waals surface area contributed by atoms with Gasteiger partial charge in [-0.3, -0.25) is 11.3 Å². The van der Waals surface area contributed by atoms with Gasteiger partial charge in [-0.25, -0.2) is 0 Å². The minimum absolute atomic E-state index is 0.0862. The molecule has 0 fully saturated rings. The molecule has 0 aliphatic rings. The van der Waals surface area contributed by atoms with Gasteiger partial charge in [0.2, 0.25) is 0 Å². The Labute approximate surface area is 95.5 Å². The van der Waals surface area contributed by atoms with Crippen molar-refractivity contribution in [2.45, 2.75) is 19.4 Å². The molecule has 0 aliphatic carbocycles. The molecule has 1 rings (SSSR count). The number of methoxy groups -OCH3 is 1. The molecule has 0 saturated heterocycles. The summed E-state index contributed by atoms with van der Waals surface area (Å²) in [6, 6.07) is 6.05. The highest BCUT2D eigenvalue weighted by Gasteiger charge is 2.10. The molecule has 0 bridgehead atoms. The van der Waals surface area contributed by atoms with Crippen LogP contribution in [0.2, 0.25) is 5.02 Å². The van der Waals surface area contributed by atoms with Crippen LogP contribution in [0, 0.1) is 6.92 Å². The van der Waals surface area contributed by atoms with Crippen molar-refractivity contribution < 1.29 is 4.74 Å². The van der Waals surface area contributed by atoms with Crippen LogP contribution in [0.25, 0.3) is 0 Å². The van der Waals surface area contributed by atoms with Crippen molar-refractivity contribution >= 4 is 11.6 Å². The van der Waals surface area contributed by atoms with E-state index in [9.17, 15) is 0 Å². The molecule has 84 valence electrons. The second-order valence-electron chi connectivity index (χ2n) is 3.51. The first-order valence-electron chi connectivity index (χ1n) is 4.90. The molecule has 1 unspecified atom stereocenters. The van der Waals surface area contributed by atoms with Gasteiger partial charge in [0.1, 0.15) is 0 Å². The molecule has 0 aliphatic heterocycles. The molecule has 0 radical (unpaired) electrons. The molecule has 4 heteroatoms. The lowest BCUT2D eigenvalue weighted by atomic mass is 10.0. The molecule has 1 aromatic rings. The van der Waals surface area contributed by atoms with E-state index in [0.29, 0.717) is 6.61 Å². The maximum atomic E-state index is 6.05. The number of aryl methyl sites for hydroxylation is 1. The Kier molecular flexibility index (Phi) is 5.05. The van der Waals surface area contributed by atoms with Gasteiger partial charge in [-0.1, -0.05) is 23.7 Å². The molecule has 3 N–H and O–H groups in total. The van der Waals surface area contributed by atoms with Gasteiger partial charge < -0.3 is 4.74 Å². The molecule has 0 aromatic heterocycles. The second kappa shape index (κ2) is 6.08. The molecule has 0 heterocycles. The summed E-state index contributed by atoms with van der Waals surface area (Å²) in [6.45, 7) is 2.65. The summed E-state index contributed by atoms with van der Waals surface area (Å²) in [6.07, 6.45) is 0.826. The molecule has 0 spiro atoms. The second-order valence-corrected chi connectivity index (χ2v) is 3.92. The van der Waals surface area contributed by atoms with Crippen molar-refractivity contribution in [1.29, 1.82) is 0 Å². The average Bonchev–Trinajstić information content (AvgIpc) is 2.24. The number of nitrogens with two attached hydrogens (primary N) is 1.